The third-order valence-electron chi connectivity index (χ3n) is 2.38. The van der Waals surface area contributed by atoms with Gasteiger partial charge in [-0.2, -0.15) is 0 Å². The Balaban J connectivity index is 3.06. The average molecular weight is 227 g/mol. The number of carbonyl (C=O) groups is 3. The fraction of sp³-hybridized carbons (Fsp3) is 0.444. The lowest BCUT2D eigenvalue weighted by Crippen LogP contribution is -2.46. The number of nitrogens with one attached hydrogen (secondary N) is 1. The molecule has 1 heterocycles. The highest BCUT2D eigenvalue weighted by atomic mass is 16.5. The largest absolute Gasteiger partial charge is 0.466 e. The van der Waals surface area contributed by atoms with Crippen molar-refractivity contribution in [1.29, 1.82) is 0 Å². The summed E-state index contributed by atoms with van der Waals surface area (Å²) in [7, 11) is 1.23. The van der Waals surface area contributed by atoms with Crippen LogP contribution in [0.5, 0.6) is 0 Å². The number of urea groups is 1. The molecule has 3 N–H and O–H groups in total. The summed E-state index contributed by atoms with van der Waals surface area (Å²) in [6.45, 7) is 3.09. The van der Waals surface area contributed by atoms with Crippen LogP contribution < -0.4 is 11.2 Å². The molecule has 0 saturated carbocycles. The number of nitrogens with two attached hydrogens (primary N) is 1. The van der Waals surface area contributed by atoms with E-state index in [2.05, 4.69) is 10.2 Å². The van der Waals surface area contributed by atoms with Crippen LogP contribution in [-0.4, -0.2) is 30.0 Å². The monoisotopic (exact) mass is 227 g/mol. The number of amides is 3. The summed E-state index contributed by atoms with van der Waals surface area (Å²) >= 11 is 0. The average Bonchev–Trinajstić information content (AvgIpc) is 2.42. The van der Waals surface area contributed by atoms with E-state index in [4.69, 9.17) is 5.73 Å². The first-order valence-electron chi connectivity index (χ1n) is 4.59. The fourth-order valence-electron chi connectivity index (χ4n) is 1.60. The summed E-state index contributed by atoms with van der Waals surface area (Å²) in [4.78, 5) is 33.8. The van der Waals surface area contributed by atoms with Crippen LogP contribution in [0.2, 0.25) is 0 Å². The van der Waals surface area contributed by atoms with Crippen molar-refractivity contribution in [1.82, 2.24) is 10.4 Å². The lowest BCUT2D eigenvalue weighted by molar-refractivity contribution is -0.138. The van der Waals surface area contributed by atoms with Crippen LogP contribution in [0.4, 0.5) is 4.79 Å². The van der Waals surface area contributed by atoms with E-state index in [1.165, 1.54) is 14.0 Å². The molecular formula is C9H13N3O4. The molecule has 0 aromatic rings. The molecule has 1 unspecified atom stereocenters. The summed E-state index contributed by atoms with van der Waals surface area (Å²) in [5.74, 6) is -1.66. The van der Waals surface area contributed by atoms with E-state index in [9.17, 15) is 14.4 Å². The zero-order valence-electron chi connectivity index (χ0n) is 9.23. The van der Waals surface area contributed by atoms with Gasteiger partial charge >= 0.3 is 12.0 Å². The Morgan fingerprint density at radius 2 is 2.06 bits per heavy atom. The van der Waals surface area contributed by atoms with Crippen molar-refractivity contribution in [2.75, 3.05) is 7.11 Å². The van der Waals surface area contributed by atoms with Gasteiger partial charge < -0.3 is 10.5 Å². The number of rotatable bonds is 2. The van der Waals surface area contributed by atoms with Gasteiger partial charge in [0.25, 0.3) is 5.91 Å². The van der Waals surface area contributed by atoms with E-state index >= 15 is 0 Å². The van der Waals surface area contributed by atoms with Gasteiger partial charge in [-0.15, -0.1) is 0 Å². The van der Waals surface area contributed by atoms with Gasteiger partial charge in [0.2, 0.25) is 0 Å². The molecule has 1 aliphatic rings. The zero-order valence-corrected chi connectivity index (χ0v) is 9.23. The molecule has 1 aliphatic heterocycles. The topological polar surface area (TPSA) is 102 Å². The van der Waals surface area contributed by atoms with Crippen molar-refractivity contribution in [3.63, 3.8) is 0 Å². The Kier molecular flexibility index (Phi) is 3.17. The quantitative estimate of drug-likeness (QED) is 0.620. The molecule has 0 spiro atoms. The van der Waals surface area contributed by atoms with Gasteiger partial charge in [0.1, 0.15) is 0 Å². The maximum Gasteiger partial charge on any atom is 0.336 e. The molecule has 16 heavy (non-hydrogen) atoms. The van der Waals surface area contributed by atoms with Crippen molar-refractivity contribution in [3.8, 4) is 0 Å². The van der Waals surface area contributed by atoms with Gasteiger partial charge in [0.15, 0.2) is 0 Å². The van der Waals surface area contributed by atoms with E-state index in [1.807, 2.05) is 0 Å². The van der Waals surface area contributed by atoms with E-state index < -0.39 is 23.8 Å². The minimum atomic E-state index is -0.869. The molecule has 3 amide bonds. The number of nitrogens with zero attached hydrogens (tertiary/aromatic N) is 1. The van der Waals surface area contributed by atoms with Crippen LogP contribution in [0.1, 0.15) is 13.8 Å². The standard InChI is InChI=1S/C9H13N3O4/c1-4-6(8(14)16-3)5(2)12(7(4)13)11-9(10)15/h4H,1-3H3,(H3,10,11,15). The van der Waals surface area contributed by atoms with Gasteiger partial charge in [0, 0.05) is 0 Å². The van der Waals surface area contributed by atoms with Crippen LogP contribution in [0.25, 0.3) is 0 Å². The van der Waals surface area contributed by atoms with Crippen molar-refractivity contribution in [2.45, 2.75) is 13.8 Å². The Morgan fingerprint density at radius 3 is 2.50 bits per heavy atom. The van der Waals surface area contributed by atoms with Crippen molar-refractivity contribution in [2.24, 2.45) is 11.7 Å². The Hall–Kier alpha value is -2.05. The molecule has 1 rings (SSSR count). The molecule has 0 fully saturated rings. The van der Waals surface area contributed by atoms with Gasteiger partial charge in [-0.25, -0.2) is 20.0 Å². The third kappa shape index (κ3) is 1.83. The van der Waals surface area contributed by atoms with Crippen LogP contribution in [0, 0.1) is 5.92 Å². The molecule has 0 bridgehead atoms. The second-order valence-electron chi connectivity index (χ2n) is 3.36. The Bertz CT molecular complexity index is 388. The van der Waals surface area contributed by atoms with Gasteiger partial charge in [-0.3, -0.25) is 4.79 Å². The SMILES string of the molecule is COC(=O)C1=C(C)N(NC(N)=O)C(=O)C1C. The van der Waals surface area contributed by atoms with Gasteiger partial charge in [-0.1, -0.05) is 0 Å². The molecule has 0 saturated heterocycles. The highest BCUT2D eigenvalue weighted by Gasteiger charge is 2.39. The van der Waals surface area contributed by atoms with E-state index in [0.29, 0.717) is 5.70 Å². The summed E-state index contributed by atoms with van der Waals surface area (Å²) < 4.78 is 4.56. The van der Waals surface area contributed by atoms with E-state index in [1.54, 1.807) is 6.92 Å². The number of methoxy groups -OCH3 is 1. The minimum absolute atomic E-state index is 0.223. The van der Waals surface area contributed by atoms with Gasteiger partial charge in [0.05, 0.1) is 24.3 Å². The van der Waals surface area contributed by atoms with Crippen molar-refractivity contribution < 1.29 is 19.1 Å². The second-order valence-corrected chi connectivity index (χ2v) is 3.36. The summed E-state index contributed by atoms with van der Waals surface area (Å²) in [6.07, 6.45) is 0. The first-order valence-corrected chi connectivity index (χ1v) is 4.59. The Morgan fingerprint density at radius 1 is 1.50 bits per heavy atom. The molecule has 0 radical (unpaired) electrons. The Labute approximate surface area is 92.2 Å². The molecule has 1 atom stereocenters. The van der Waals surface area contributed by atoms with Crippen LogP contribution in [0.15, 0.2) is 11.3 Å². The number of esters is 1. The first-order chi connectivity index (χ1) is 7.40. The van der Waals surface area contributed by atoms with E-state index in [0.717, 1.165) is 5.01 Å². The predicted octanol–water partition coefficient (Wildman–Crippen LogP) is -0.505. The van der Waals surface area contributed by atoms with Crippen LogP contribution in [-0.2, 0) is 14.3 Å². The summed E-state index contributed by atoms with van der Waals surface area (Å²) in [5.41, 5.74) is 7.60. The molecule has 7 heteroatoms. The van der Waals surface area contributed by atoms with Crippen LogP contribution >= 0.6 is 0 Å². The highest BCUT2D eigenvalue weighted by molar-refractivity contribution is 6.02. The van der Waals surface area contributed by atoms with E-state index in [-0.39, 0.29) is 5.57 Å². The maximum atomic E-state index is 11.7. The molecule has 0 aromatic carbocycles. The number of hydrogen-bond acceptors (Lipinski definition) is 4. The number of primary amides is 1. The predicted molar refractivity (Wildman–Crippen MR) is 53.4 cm³/mol. The normalized spacial score (nSPS) is 20.1. The third-order valence-corrected chi connectivity index (χ3v) is 2.38. The van der Waals surface area contributed by atoms with Crippen molar-refractivity contribution in [3.05, 3.63) is 11.3 Å². The smallest absolute Gasteiger partial charge is 0.336 e. The van der Waals surface area contributed by atoms with Gasteiger partial charge in [-0.05, 0) is 13.8 Å². The lowest BCUT2D eigenvalue weighted by atomic mass is 10.0. The fourth-order valence-corrected chi connectivity index (χ4v) is 1.60. The van der Waals surface area contributed by atoms with Crippen LogP contribution in [0.3, 0.4) is 0 Å². The molecular weight excluding hydrogens is 214 g/mol. The summed E-state index contributed by atoms with van der Waals surface area (Å²) in [6, 6.07) is -0.869. The zero-order chi connectivity index (χ0) is 12.5. The maximum absolute atomic E-state index is 11.7. The molecule has 7 nitrogen and oxygen atoms in total. The second kappa shape index (κ2) is 4.21. The molecule has 88 valence electrons. The molecule has 0 aromatic heterocycles. The molecule has 0 aliphatic carbocycles. The number of hydrogen-bond donors (Lipinski definition) is 2. The minimum Gasteiger partial charge on any atom is -0.466 e. The number of hydrazine groups is 1. The summed E-state index contributed by atoms with van der Waals surface area (Å²) in [5, 5.41) is 0.958. The first kappa shape index (κ1) is 12.0. The number of allylic oxidation sites excluding steroid dienone is 1. The number of ether oxygens (including phenoxy) is 1. The lowest BCUT2D eigenvalue weighted by Gasteiger charge is -2.17. The highest BCUT2D eigenvalue weighted by Crippen LogP contribution is 2.28. The van der Waals surface area contributed by atoms with Crippen molar-refractivity contribution >= 4 is 17.9 Å². The number of carbonyl (C=O) groups excluding carboxylic acids is 3.